The molecule has 0 radical (unpaired) electrons. The van der Waals surface area contributed by atoms with Crippen molar-refractivity contribution in [2.24, 2.45) is 0 Å². The van der Waals surface area contributed by atoms with Gasteiger partial charge in [0.05, 0.1) is 11.6 Å². The second kappa shape index (κ2) is 7.31. The first-order valence-electron chi connectivity index (χ1n) is 8.21. The molecule has 3 rings (SSSR count). The van der Waals surface area contributed by atoms with E-state index in [1.165, 1.54) is 20.5 Å². The normalized spacial score (nSPS) is 17.5. The van der Waals surface area contributed by atoms with Crippen molar-refractivity contribution in [2.45, 2.75) is 45.4 Å². The van der Waals surface area contributed by atoms with Crippen LogP contribution in [-0.2, 0) is 22.6 Å². The summed E-state index contributed by atoms with van der Waals surface area (Å²) in [6.07, 6.45) is 2.69. The number of carbonyl (C=O) groups excluding carboxylic acids is 1. The molecule has 0 aliphatic carbocycles. The fraction of sp³-hybridized carbons (Fsp3) is 0.562. The van der Waals surface area contributed by atoms with Gasteiger partial charge in [-0.3, -0.25) is 18.7 Å². The van der Waals surface area contributed by atoms with Gasteiger partial charge in [0.2, 0.25) is 5.91 Å². The van der Waals surface area contributed by atoms with Crippen LogP contribution in [0.2, 0.25) is 0 Å². The lowest BCUT2D eigenvalue weighted by atomic mass is 10.2. The molecule has 1 aliphatic heterocycles. The number of amides is 1. The Kier molecular flexibility index (Phi) is 5.15. The lowest BCUT2D eigenvalue weighted by Crippen LogP contribution is -2.43. The van der Waals surface area contributed by atoms with Crippen molar-refractivity contribution in [1.82, 2.24) is 14.5 Å². The third kappa shape index (κ3) is 3.29. The summed E-state index contributed by atoms with van der Waals surface area (Å²) in [5.74, 6) is -0.248. The average molecular weight is 351 g/mol. The summed E-state index contributed by atoms with van der Waals surface area (Å²) in [5, 5.41) is 4.58. The van der Waals surface area contributed by atoms with E-state index >= 15 is 0 Å². The fourth-order valence-electron chi connectivity index (χ4n) is 2.94. The number of nitrogens with one attached hydrogen (secondary N) is 1. The van der Waals surface area contributed by atoms with Crippen LogP contribution < -0.4 is 16.6 Å². The van der Waals surface area contributed by atoms with Gasteiger partial charge in [-0.25, -0.2) is 4.79 Å². The van der Waals surface area contributed by atoms with Crippen LogP contribution in [0.15, 0.2) is 21.0 Å². The molecule has 3 heterocycles. The second-order valence-corrected chi connectivity index (χ2v) is 6.82. The number of rotatable bonds is 6. The van der Waals surface area contributed by atoms with Crippen LogP contribution in [0, 0.1) is 0 Å². The highest BCUT2D eigenvalue weighted by molar-refractivity contribution is 7.17. The first-order valence-corrected chi connectivity index (χ1v) is 9.09. The van der Waals surface area contributed by atoms with Crippen LogP contribution in [0.25, 0.3) is 10.2 Å². The van der Waals surface area contributed by atoms with E-state index in [2.05, 4.69) is 5.32 Å². The van der Waals surface area contributed by atoms with Gasteiger partial charge in [-0.15, -0.1) is 11.3 Å². The highest BCUT2D eigenvalue weighted by Gasteiger charge is 2.18. The van der Waals surface area contributed by atoms with Gasteiger partial charge in [-0.05, 0) is 30.7 Å². The predicted molar refractivity (Wildman–Crippen MR) is 92.6 cm³/mol. The SMILES string of the molecule is CCCn1c(=O)c2sccc2n(CC(=O)NC[C@@H]2CCCO2)c1=O. The number of fused-ring (bicyclic) bond motifs is 1. The lowest BCUT2D eigenvalue weighted by Gasteiger charge is -2.13. The Morgan fingerprint density at radius 2 is 2.25 bits per heavy atom. The molecule has 0 saturated carbocycles. The molecule has 2 aromatic heterocycles. The van der Waals surface area contributed by atoms with E-state index in [1.54, 1.807) is 11.4 Å². The minimum atomic E-state index is -0.431. The van der Waals surface area contributed by atoms with E-state index < -0.39 is 5.69 Å². The molecular weight excluding hydrogens is 330 g/mol. The molecule has 0 spiro atoms. The number of hydrogen-bond acceptors (Lipinski definition) is 5. The van der Waals surface area contributed by atoms with Crippen molar-refractivity contribution in [3.63, 3.8) is 0 Å². The highest BCUT2D eigenvalue weighted by atomic mass is 32.1. The molecule has 1 N–H and O–H groups in total. The van der Waals surface area contributed by atoms with Crippen molar-refractivity contribution in [3.05, 3.63) is 32.3 Å². The van der Waals surface area contributed by atoms with Gasteiger partial charge in [-0.2, -0.15) is 0 Å². The van der Waals surface area contributed by atoms with Gasteiger partial charge in [0.25, 0.3) is 5.56 Å². The maximum atomic E-state index is 12.6. The van der Waals surface area contributed by atoms with Crippen molar-refractivity contribution in [2.75, 3.05) is 13.2 Å². The van der Waals surface area contributed by atoms with Crippen LogP contribution in [0.1, 0.15) is 26.2 Å². The second-order valence-electron chi connectivity index (χ2n) is 5.90. The van der Waals surface area contributed by atoms with Gasteiger partial charge < -0.3 is 10.1 Å². The molecule has 2 aromatic rings. The maximum absolute atomic E-state index is 12.6. The molecular formula is C16H21N3O4S. The molecule has 0 aromatic carbocycles. The third-order valence-corrected chi connectivity index (χ3v) is 5.03. The number of ether oxygens (including phenoxy) is 1. The summed E-state index contributed by atoms with van der Waals surface area (Å²) >= 11 is 1.29. The Bertz CT molecular complexity index is 845. The minimum Gasteiger partial charge on any atom is -0.376 e. The molecule has 1 fully saturated rings. The Labute approximate surface area is 142 Å². The zero-order valence-corrected chi connectivity index (χ0v) is 14.4. The zero-order valence-electron chi connectivity index (χ0n) is 13.6. The van der Waals surface area contributed by atoms with E-state index in [0.717, 1.165) is 19.4 Å². The molecule has 130 valence electrons. The third-order valence-electron chi connectivity index (χ3n) is 4.14. The standard InChI is InChI=1S/C16H21N3O4S/c1-2-6-18-15(21)14-12(5-8-24-14)19(16(18)22)10-13(20)17-9-11-4-3-7-23-11/h5,8,11H,2-4,6-7,9-10H2,1H3,(H,17,20)/t11-/m0/s1. The number of carbonyl (C=O) groups is 1. The van der Waals surface area contributed by atoms with E-state index in [0.29, 0.717) is 29.7 Å². The van der Waals surface area contributed by atoms with Crippen LogP contribution in [0.4, 0.5) is 0 Å². The molecule has 8 heteroatoms. The smallest absolute Gasteiger partial charge is 0.332 e. The average Bonchev–Trinajstić information content (AvgIpc) is 3.25. The number of thiophene rings is 1. The molecule has 1 aliphatic rings. The zero-order chi connectivity index (χ0) is 17.1. The van der Waals surface area contributed by atoms with E-state index in [4.69, 9.17) is 4.74 Å². The first kappa shape index (κ1) is 16.9. The summed E-state index contributed by atoms with van der Waals surface area (Å²) < 4.78 is 8.58. The molecule has 1 atom stereocenters. The molecule has 7 nitrogen and oxygen atoms in total. The topological polar surface area (TPSA) is 82.3 Å². The van der Waals surface area contributed by atoms with E-state index in [-0.39, 0.29) is 24.1 Å². The maximum Gasteiger partial charge on any atom is 0.332 e. The lowest BCUT2D eigenvalue weighted by molar-refractivity contribution is -0.122. The van der Waals surface area contributed by atoms with E-state index in [9.17, 15) is 14.4 Å². The Balaban J connectivity index is 1.85. The quantitative estimate of drug-likeness (QED) is 0.839. The Morgan fingerprint density at radius 3 is 2.96 bits per heavy atom. The van der Waals surface area contributed by atoms with Crippen molar-refractivity contribution in [1.29, 1.82) is 0 Å². The Morgan fingerprint density at radius 1 is 1.42 bits per heavy atom. The highest BCUT2D eigenvalue weighted by Crippen LogP contribution is 2.15. The van der Waals surface area contributed by atoms with Gasteiger partial charge >= 0.3 is 5.69 Å². The van der Waals surface area contributed by atoms with E-state index in [1.807, 2.05) is 6.92 Å². The van der Waals surface area contributed by atoms with Crippen LogP contribution in [-0.4, -0.2) is 34.3 Å². The summed E-state index contributed by atoms with van der Waals surface area (Å²) in [5.41, 5.74) is -0.183. The number of aromatic nitrogens is 2. The number of hydrogen-bond donors (Lipinski definition) is 1. The molecule has 24 heavy (non-hydrogen) atoms. The number of nitrogens with zero attached hydrogens (tertiary/aromatic N) is 2. The van der Waals surface area contributed by atoms with Crippen molar-refractivity contribution >= 4 is 27.5 Å². The minimum absolute atomic E-state index is 0.0564. The summed E-state index contributed by atoms with van der Waals surface area (Å²) in [4.78, 5) is 37.2. The van der Waals surface area contributed by atoms with Gasteiger partial charge in [0.1, 0.15) is 11.2 Å². The largest absolute Gasteiger partial charge is 0.376 e. The van der Waals surface area contributed by atoms with Gasteiger partial charge in [0.15, 0.2) is 0 Å². The van der Waals surface area contributed by atoms with Crippen molar-refractivity contribution < 1.29 is 9.53 Å². The summed E-state index contributed by atoms with van der Waals surface area (Å²) in [6.45, 7) is 3.35. The fourth-order valence-corrected chi connectivity index (χ4v) is 3.78. The van der Waals surface area contributed by atoms with Gasteiger partial charge in [0, 0.05) is 19.7 Å². The van der Waals surface area contributed by atoms with Crippen molar-refractivity contribution in [3.8, 4) is 0 Å². The van der Waals surface area contributed by atoms with Crippen LogP contribution in [0.5, 0.6) is 0 Å². The molecule has 1 saturated heterocycles. The van der Waals surface area contributed by atoms with Gasteiger partial charge in [-0.1, -0.05) is 6.92 Å². The molecule has 0 unspecified atom stereocenters. The summed E-state index contributed by atoms with van der Waals surface area (Å²) in [7, 11) is 0. The van der Waals surface area contributed by atoms with Crippen LogP contribution >= 0.6 is 11.3 Å². The van der Waals surface area contributed by atoms with Crippen LogP contribution in [0.3, 0.4) is 0 Å². The molecule has 0 bridgehead atoms. The Hall–Kier alpha value is -1.93. The summed E-state index contributed by atoms with van der Waals surface area (Å²) in [6, 6.07) is 1.71. The molecule has 1 amide bonds. The predicted octanol–water partition coefficient (Wildman–Crippen LogP) is 0.930. The monoisotopic (exact) mass is 351 g/mol. The first-order chi connectivity index (χ1) is 11.6.